The molecule has 1 aliphatic rings. The smallest absolute Gasteiger partial charge is 0.135 e. The molecule has 2 nitrogen and oxygen atoms in total. The van der Waals surface area contributed by atoms with Crippen LogP contribution < -0.4 is 9.64 Å². The predicted octanol–water partition coefficient (Wildman–Crippen LogP) is 12.6. The van der Waals surface area contributed by atoms with Crippen molar-refractivity contribution in [3.05, 3.63) is 176 Å². The third kappa shape index (κ3) is 4.43. The van der Waals surface area contributed by atoms with Gasteiger partial charge >= 0.3 is 0 Å². The molecule has 0 unspecified atom stereocenters. The second-order valence-electron chi connectivity index (χ2n) is 11.8. The normalized spacial score (nSPS) is 11.7. The number of anilines is 3. The van der Waals surface area contributed by atoms with Crippen LogP contribution in [-0.2, 0) is 0 Å². The number of para-hydroxylation sites is 2. The van der Waals surface area contributed by atoms with E-state index in [0.717, 1.165) is 45.1 Å². The van der Waals surface area contributed by atoms with Gasteiger partial charge in [0.05, 0.1) is 0 Å². The van der Waals surface area contributed by atoms with Crippen molar-refractivity contribution < 1.29 is 4.74 Å². The van der Waals surface area contributed by atoms with Gasteiger partial charge in [0.15, 0.2) is 0 Å². The molecule has 2 heteroatoms. The number of hydrogen-bond donors (Lipinski definition) is 0. The van der Waals surface area contributed by atoms with Gasteiger partial charge in [-0.2, -0.15) is 0 Å². The summed E-state index contributed by atoms with van der Waals surface area (Å²) in [6.45, 7) is 0. The summed E-state index contributed by atoms with van der Waals surface area (Å²) in [7, 11) is 0. The Kier molecular flexibility index (Phi) is 6.17. The molecule has 8 aromatic carbocycles. The van der Waals surface area contributed by atoms with Gasteiger partial charge in [-0.05, 0) is 98.6 Å². The average Bonchev–Trinajstić information content (AvgIpc) is 3.13. The first kappa shape index (κ1) is 26.3. The fourth-order valence-electron chi connectivity index (χ4n) is 6.84. The molecule has 216 valence electrons. The van der Waals surface area contributed by atoms with Crippen molar-refractivity contribution in [1.82, 2.24) is 0 Å². The van der Waals surface area contributed by atoms with E-state index in [1.807, 2.05) is 12.1 Å². The SMILES string of the molecule is c1ccc(N(c2ccc(-c3ccc4ccccc4c3)cc2)c2cccc(-c3ccc4c5c(cccc35)-c3ccccc3O4)c2)cc1. The van der Waals surface area contributed by atoms with Gasteiger partial charge in [0.1, 0.15) is 11.5 Å². The molecule has 1 heterocycles. The lowest BCUT2D eigenvalue weighted by Crippen LogP contribution is -2.09. The maximum absolute atomic E-state index is 6.37. The topological polar surface area (TPSA) is 12.5 Å². The van der Waals surface area contributed by atoms with Gasteiger partial charge in [-0.15, -0.1) is 0 Å². The molecule has 0 atom stereocenters. The lowest BCUT2D eigenvalue weighted by atomic mass is 9.90. The van der Waals surface area contributed by atoms with E-state index in [4.69, 9.17) is 4.74 Å². The van der Waals surface area contributed by atoms with Crippen molar-refractivity contribution in [2.24, 2.45) is 0 Å². The Morgan fingerprint density at radius 1 is 0.348 bits per heavy atom. The van der Waals surface area contributed by atoms with E-state index in [-0.39, 0.29) is 0 Å². The minimum atomic E-state index is 0.904. The molecule has 0 aromatic heterocycles. The number of rotatable bonds is 5. The van der Waals surface area contributed by atoms with Gasteiger partial charge in [0.2, 0.25) is 0 Å². The van der Waals surface area contributed by atoms with Crippen molar-refractivity contribution in [1.29, 1.82) is 0 Å². The lowest BCUT2D eigenvalue weighted by Gasteiger charge is -2.26. The molecular formula is C44H29NO. The van der Waals surface area contributed by atoms with E-state index in [2.05, 4.69) is 169 Å². The standard InChI is InChI=1S/C44H29NO/c1-2-13-35(14-3-1)45(36-24-22-31(23-25-36)33-21-20-30-10-4-5-11-32(30)28-33)37-15-8-12-34(29-37)38-26-27-43-44-40(38)17-9-18-41(44)39-16-6-7-19-42(39)46-43/h1-29H. The summed E-state index contributed by atoms with van der Waals surface area (Å²) in [5.41, 5.74) is 10.4. The monoisotopic (exact) mass is 587 g/mol. The van der Waals surface area contributed by atoms with Crippen LogP contribution in [0.3, 0.4) is 0 Å². The third-order valence-electron chi connectivity index (χ3n) is 9.04. The van der Waals surface area contributed by atoms with Crippen LogP contribution in [0.15, 0.2) is 176 Å². The van der Waals surface area contributed by atoms with Gasteiger partial charge in [0.25, 0.3) is 0 Å². The minimum Gasteiger partial charge on any atom is -0.456 e. The van der Waals surface area contributed by atoms with Crippen LogP contribution in [0.1, 0.15) is 0 Å². The zero-order chi connectivity index (χ0) is 30.5. The van der Waals surface area contributed by atoms with Crippen LogP contribution in [0.2, 0.25) is 0 Å². The maximum atomic E-state index is 6.37. The Labute approximate surface area is 268 Å². The van der Waals surface area contributed by atoms with Crippen molar-refractivity contribution >= 4 is 38.6 Å². The van der Waals surface area contributed by atoms with Crippen molar-refractivity contribution in [3.8, 4) is 44.9 Å². The van der Waals surface area contributed by atoms with E-state index in [9.17, 15) is 0 Å². The highest BCUT2D eigenvalue weighted by Crippen LogP contribution is 2.49. The van der Waals surface area contributed by atoms with Crippen molar-refractivity contribution in [2.45, 2.75) is 0 Å². The van der Waals surface area contributed by atoms with E-state index >= 15 is 0 Å². The number of hydrogen-bond acceptors (Lipinski definition) is 2. The molecule has 0 N–H and O–H groups in total. The summed E-state index contributed by atoms with van der Waals surface area (Å²) in [5.74, 6) is 1.81. The van der Waals surface area contributed by atoms with Gasteiger partial charge in [-0.3, -0.25) is 0 Å². The summed E-state index contributed by atoms with van der Waals surface area (Å²) >= 11 is 0. The lowest BCUT2D eigenvalue weighted by molar-refractivity contribution is 0.487. The van der Waals surface area contributed by atoms with E-state index < -0.39 is 0 Å². The Hall–Kier alpha value is -6.12. The zero-order valence-electron chi connectivity index (χ0n) is 25.1. The number of ether oxygens (including phenoxy) is 1. The fraction of sp³-hybridized carbons (Fsp3) is 0. The van der Waals surface area contributed by atoms with Crippen LogP contribution in [-0.4, -0.2) is 0 Å². The first-order valence-electron chi connectivity index (χ1n) is 15.7. The molecule has 0 bridgehead atoms. The van der Waals surface area contributed by atoms with Crippen LogP contribution >= 0.6 is 0 Å². The van der Waals surface area contributed by atoms with Gasteiger partial charge in [-0.25, -0.2) is 0 Å². The summed E-state index contributed by atoms with van der Waals surface area (Å²) in [5, 5.41) is 4.85. The summed E-state index contributed by atoms with van der Waals surface area (Å²) in [6, 6.07) is 62.7. The van der Waals surface area contributed by atoms with Crippen LogP contribution in [0.25, 0.3) is 54.9 Å². The number of nitrogens with zero attached hydrogens (tertiary/aromatic N) is 1. The second-order valence-corrected chi connectivity index (χ2v) is 11.8. The molecule has 0 saturated carbocycles. The molecule has 0 saturated heterocycles. The molecule has 0 spiro atoms. The minimum absolute atomic E-state index is 0.904. The average molecular weight is 588 g/mol. The third-order valence-corrected chi connectivity index (χ3v) is 9.04. The zero-order valence-corrected chi connectivity index (χ0v) is 25.1. The van der Waals surface area contributed by atoms with E-state index in [1.165, 1.54) is 38.4 Å². The van der Waals surface area contributed by atoms with Crippen LogP contribution in [0.5, 0.6) is 11.5 Å². The quantitative estimate of drug-likeness (QED) is 0.199. The first-order chi connectivity index (χ1) is 22.8. The number of benzene rings is 8. The molecule has 0 aliphatic carbocycles. The molecule has 0 radical (unpaired) electrons. The molecule has 8 aromatic rings. The second kappa shape index (κ2) is 10.8. The summed E-state index contributed by atoms with van der Waals surface area (Å²) in [6.07, 6.45) is 0. The Morgan fingerprint density at radius 2 is 1.04 bits per heavy atom. The summed E-state index contributed by atoms with van der Waals surface area (Å²) in [4.78, 5) is 2.33. The van der Waals surface area contributed by atoms with Crippen molar-refractivity contribution in [3.63, 3.8) is 0 Å². The highest BCUT2D eigenvalue weighted by molar-refractivity contribution is 6.10. The highest BCUT2D eigenvalue weighted by atomic mass is 16.5. The summed E-state index contributed by atoms with van der Waals surface area (Å²) < 4.78 is 6.37. The molecular weight excluding hydrogens is 558 g/mol. The molecule has 9 rings (SSSR count). The largest absolute Gasteiger partial charge is 0.456 e. The van der Waals surface area contributed by atoms with Gasteiger partial charge in [-0.1, -0.05) is 121 Å². The Balaban J connectivity index is 1.14. The van der Waals surface area contributed by atoms with Gasteiger partial charge in [0, 0.05) is 28.0 Å². The van der Waals surface area contributed by atoms with Crippen LogP contribution in [0.4, 0.5) is 17.1 Å². The predicted molar refractivity (Wildman–Crippen MR) is 193 cm³/mol. The van der Waals surface area contributed by atoms with E-state index in [0.29, 0.717) is 0 Å². The van der Waals surface area contributed by atoms with Crippen LogP contribution in [0, 0.1) is 0 Å². The Bertz CT molecular complexity index is 2390. The maximum Gasteiger partial charge on any atom is 0.135 e. The molecule has 1 aliphatic heterocycles. The molecule has 46 heavy (non-hydrogen) atoms. The van der Waals surface area contributed by atoms with E-state index in [1.54, 1.807) is 0 Å². The molecule has 0 amide bonds. The van der Waals surface area contributed by atoms with Gasteiger partial charge < -0.3 is 9.64 Å². The fourth-order valence-corrected chi connectivity index (χ4v) is 6.84. The highest BCUT2D eigenvalue weighted by Gasteiger charge is 2.21. The van der Waals surface area contributed by atoms with Crippen molar-refractivity contribution in [2.75, 3.05) is 4.90 Å². The Morgan fingerprint density at radius 3 is 1.93 bits per heavy atom. The first-order valence-corrected chi connectivity index (χ1v) is 15.7. The molecule has 0 fully saturated rings. The number of fused-ring (bicyclic) bond motifs is 3.